The molecule has 4 heterocycles. The van der Waals surface area contributed by atoms with E-state index in [-0.39, 0.29) is 17.9 Å². The quantitative estimate of drug-likeness (QED) is 0.414. The first kappa shape index (κ1) is 21.3. The minimum Gasteiger partial charge on any atom is -0.351 e. The van der Waals surface area contributed by atoms with Gasteiger partial charge in [0.05, 0.1) is 17.8 Å². The van der Waals surface area contributed by atoms with E-state index >= 15 is 0 Å². The van der Waals surface area contributed by atoms with Crippen molar-refractivity contribution in [2.24, 2.45) is 0 Å². The number of benzene rings is 1. The Balaban J connectivity index is 1.62. The number of nitrogens with one attached hydrogen (secondary N) is 1. The third kappa shape index (κ3) is 4.00. The van der Waals surface area contributed by atoms with E-state index in [9.17, 15) is 4.39 Å². The molecule has 1 aromatic carbocycles. The van der Waals surface area contributed by atoms with E-state index in [1.807, 2.05) is 30.5 Å². The first-order chi connectivity index (χ1) is 16.0. The first-order valence-electron chi connectivity index (χ1n) is 10.8. The fourth-order valence-electron chi connectivity index (χ4n) is 4.60. The molecule has 4 aromatic rings. The third-order valence-electron chi connectivity index (χ3n) is 6.20. The lowest BCUT2D eigenvalue weighted by Crippen LogP contribution is -2.29. The lowest BCUT2D eigenvalue weighted by Gasteiger charge is -2.28. The van der Waals surface area contributed by atoms with E-state index < -0.39 is 0 Å². The van der Waals surface area contributed by atoms with Gasteiger partial charge in [0.1, 0.15) is 5.82 Å². The number of aromatic nitrogens is 3. The minimum absolute atomic E-state index is 0.133. The number of aryl methyl sites for hydroxylation is 1. The Hall–Kier alpha value is -3.58. The monoisotopic (exact) mass is 457 g/mol. The van der Waals surface area contributed by atoms with Gasteiger partial charge in [-0.15, -0.1) is 0 Å². The first-order valence-corrected chi connectivity index (χ1v) is 11.3. The normalized spacial score (nSPS) is 17.9. The highest BCUT2D eigenvalue weighted by molar-refractivity contribution is 7.80. The second-order valence-electron chi connectivity index (χ2n) is 8.25. The molecule has 0 bridgehead atoms. The predicted octanol–water partition coefficient (Wildman–Crippen LogP) is 5.26. The molecule has 7 heteroatoms. The number of nitrogens with zero attached hydrogens (tertiary/aromatic N) is 4. The van der Waals surface area contributed by atoms with E-state index in [2.05, 4.69) is 50.7 Å². The van der Waals surface area contributed by atoms with Gasteiger partial charge in [-0.05, 0) is 85.7 Å². The summed E-state index contributed by atoms with van der Waals surface area (Å²) in [6.07, 6.45) is 5.48. The molecule has 33 heavy (non-hydrogen) atoms. The van der Waals surface area contributed by atoms with Gasteiger partial charge < -0.3 is 14.8 Å². The maximum absolute atomic E-state index is 13.7. The Bertz CT molecular complexity index is 1270. The molecule has 0 saturated carbocycles. The van der Waals surface area contributed by atoms with Crippen LogP contribution in [0.5, 0.6) is 0 Å². The van der Waals surface area contributed by atoms with Crippen LogP contribution in [0.1, 0.15) is 40.3 Å². The van der Waals surface area contributed by atoms with Crippen LogP contribution in [0.3, 0.4) is 0 Å². The Labute approximate surface area is 197 Å². The average Bonchev–Trinajstić information content (AvgIpc) is 3.32. The van der Waals surface area contributed by atoms with Crippen molar-refractivity contribution in [3.8, 4) is 0 Å². The summed E-state index contributed by atoms with van der Waals surface area (Å²) in [5, 5.41) is 4.07. The fourth-order valence-corrected chi connectivity index (χ4v) is 4.94. The maximum Gasteiger partial charge on any atom is 0.174 e. The van der Waals surface area contributed by atoms with Gasteiger partial charge in [-0.1, -0.05) is 12.1 Å². The predicted molar refractivity (Wildman–Crippen MR) is 132 cm³/mol. The lowest BCUT2D eigenvalue weighted by molar-refractivity contribution is 0.563. The molecule has 2 atom stereocenters. The molecule has 1 N–H and O–H groups in total. The Morgan fingerprint density at radius 3 is 2.55 bits per heavy atom. The van der Waals surface area contributed by atoms with Gasteiger partial charge in [0.2, 0.25) is 0 Å². The Morgan fingerprint density at radius 1 is 1.03 bits per heavy atom. The molecule has 166 valence electrons. The largest absolute Gasteiger partial charge is 0.351 e. The molecular formula is C26H24FN5S. The number of hydrogen-bond acceptors (Lipinski definition) is 3. The number of halogens is 1. The Morgan fingerprint density at radius 2 is 1.85 bits per heavy atom. The maximum atomic E-state index is 13.7. The van der Waals surface area contributed by atoms with Crippen LogP contribution in [0.4, 0.5) is 10.1 Å². The van der Waals surface area contributed by atoms with Crippen molar-refractivity contribution >= 4 is 23.0 Å². The van der Waals surface area contributed by atoms with Crippen LogP contribution >= 0.6 is 12.2 Å². The fraction of sp³-hybridized carbons (Fsp3) is 0.192. The molecular weight excluding hydrogens is 433 g/mol. The van der Waals surface area contributed by atoms with E-state index in [4.69, 9.17) is 12.2 Å². The molecule has 0 radical (unpaired) electrons. The highest BCUT2D eigenvalue weighted by Crippen LogP contribution is 2.43. The average molecular weight is 458 g/mol. The molecule has 0 aliphatic carbocycles. The molecule has 1 aliphatic rings. The van der Waals surface area contributed by atoms with Crippen molar-refractivity contribution in [3.05, 3.63) is 113 Å². The van der Waals surface area contributed by atoms with Gasteiger partial charge in [-0.3, -0.25) is 9.97 Å². The Kier molecular flexibility index (Phi) is 5.64. The summed E-state index contributed by atoms with van der Waals surface area (Å²) in [5.74, 6) is -0.274. The standard InChI is InChI=1S/C26H24FN5S/c1-17-14-22(18(2)31(17)16-19-6-5-12-28-15-19)25-24(23-7-3-4-13-29-23)30-26(33)32(25)21-10-8-20(27)9-11-21/h3-15,24-25H,16H2,1-2H3,(H,30,33). The van der Waals surface area contributed by atoms with Crippen LogP contribution in [0.2, 0.25) is 0 Å². The van der Waals surface area contributed by atoms with E-state index in [1.165, 1.54) is 12.1 Å². The molecule has 3 aromatic heterocycles. The third-order valence-corrected chi connectivity index (χ3v) is 6.51. The van der Waals surface area contributed by atoms with Gasteiger partial charge in [-0.25, -0.2) is 4.39 Å². The SMILES string of the molecule is Cc1cc(C2C(c3ccccn3)NC(=S)N2c2ccc(F)cc2)c(C)n1Cc1cccnc1. The zero-order chi connectivity index (χ0) is 22.9. The summed E-state index contributed by atoms with van der Waals surface area (Å²) >= 11 is 5.78. The van der Waals surface area contributed by atoms with Gasteiger partial charge in [-0.2, -0.15) is 0 Å². The van der Waals surface area contributed by atoms with Gasteiger partial charge in [0, 0.05) is 42.2 Å². The zero-order valence-electron chi connectivity index (χ0n) is 18.4. The summed E-state index contributed by atoms with van der Waals surface area (Å²) < 4.78 is 16.0. The van der Waals surface area contributed by atoms with E-state index in [1.54, 1.807) is 24.5 Å². The number of anilines is 1. The summed E-state index contributed by atoms with van der Waals surface area (Å²) in [4.78, 5) is 10.9. The van der Waals surface area contributed by atoms with Gasteiger partial charge in [0.25, 0.3) is 0 Å². The molecule has 0 spiro atoms. The van der Waals surface area contributed by atoms with Crippen LogP contribution in [-0.4, -0.2) is 19.6 Å². The molecule has 2 unspecified atom stereocenters. The second kappa shape index (κ2) is 8.75. The van der Waals surface area contributed by atoms with Crippen LogP contribution in [0, 0.1) is 19.7 Å². The summed E-state index contributed by atoms with van der Waals surface area (Å²) in [6.45, 7) is 4.99. The van der Waals surface area contributed by atoms with Crippen LogP contribution in [0.25, 0.3) is 0 Å². The van der Waals surface area contributed by atoms with Crippen molar-refractivity contribution in [2.75, 3.05) is 4.90 Å². The van der Waals surface area contributed by atoms with Gasteiger partial charge in [0.15, 0.2) is 5.11 Å². The van der Waals surface area contributed by atoms with Crippen LogP contribution < -0.4 is 10.2 Å². The zero-order valence-corrected chi connectivity index (χ0v) is 19.3. The minimum atomic E-state index is -0.274. The highest BCUT2D eigenvalue weighted by Gasteiger charge is 2.42. The summed E-state index contributed by atoms with van der Waals surface area (Å²) in [5.41, 5.74) is 6.36. The second-order valence-corrected chi connectivity index (χ2v) is 8.63. The molecule has 1 aliphatic heterocycles. The summed E-state index contributed by atoms with van der Waals surface area (Å²) in [7, 11) is 0. The smallest absolute Gasteiger partial charge is 0.174 e. The van der Waals surface area contributed by atoms with Crippen molar-refractivity contribution < 1.29 is 4.39 Å². The molecule has 1 fully saturated rings. The number of pyridine rings is 2. The van der Waals surface area contributed by atoms with Crippen LogP contribution in [-0.2, 0) is 6.54 Å². The van der Waals surface area contributed by atoms with Crippen molar-refractivity contribution in [3.63, 3.8) is 0 Å². The van der Waals surface area contributed by atoms with Crippen molar-refractivity contribution in [1.29, 1.82) is 0 Å². The topological polar surface area (TPSA) is 46.0 Å². The van der Waals surface area contributed by atoms with Crippen molar-refractivity contribution in [1.82, 2.24) is 19.9 Å². The lowest BCUT2D eigenvalue weighted by atomic mass is 9.96. The molecule has 1 saturated heterocycles. The van der Waals surface area contributed by atoms with E-state index in [0.717, 1.165) is 40.4 Å². The number of rotatable bonds is 5. The van der Waals surface area contributed by atoms with Crippen molar-refractivity contribution in [2.45, 2.75) is 32.5 Å². The molecule has 5 rings (SSSR count). The van der Waals surface area contributed by atoms with E-state index in [0.29, 0.717) is 5.11 Å². The van der Waals surface area contributed by atoms with Gasteiger partial charge >= 0.3 is 0 Å². The summed E-state index contributed by atoms with van der Waals surface area (Å²) in [6, 6.07) is 18.4. The molecule has 0 amide bonds. The highest BCUT2D eigenvalue weighted by atomic mass is 32.1. The van der Waals surface area contributed by atoms with Crippen LogP contribution in [0.15, 0.2) is 79.3 Å². The number of hydrogen-bond donors (Lipinski definition) is 1. The number of thiocarbonyl (C=S) groups is 1. The molecule has 5 nitrogen and oxygen atoms in total.